The van der Waals surface area contributed by atoms with E-state index in [1.54, 1.807) is 25.3 Å². The average Bonchev–Trinajstić information content (AvgIpc) is 2.61. The average molecular weight is 395 g/mol. The predicted octanol–water partition coefficient (Wildman–Crippen LogP) is 4.26. The van der Waals surface area contributed by atoms with Crippen molar-refractivity contribution in [2.75, 3.05) is 19.0 Å². The van der Waals surface area contributed by atoms with E-state index in [4.69, 9.17) is 25.9 Å². The zero-order valence-corrected chi connectivity index (χ0v) is 15.9. The number of carbonyl (C=O) groups excluding carboxylic acids is 1. The lowest BCUT2D eigenvalue weighted by molar-refractivity contribution is -0.120. The first-order valence-electron chi connectivity index (χ1n) is 8.14. The van der Waals surface area contributed by atoms with Crippen molar-refractivity contribution in [2.45, 2.75) is 20.0 Å². The third-order valence-electron chi connectivity index (χ3n) is 3.23. The van der Waals surface area contributed by atoms with Crippen molar-refractivity contribution in [3.8, 4) is 11.5 Å². The van der Waals surface area contributed by atoms with Gasteiger partial charge in [0, 0.05) is 5.56 Å². The van der Waals surface area contributed by atoms with E-state index < -0.39 is 11.7 Å². The van der Waals surface area contributed by atoms with E-state index >= 15 is 0 Å². The van der Waals surface area contributed by atoms with Crippen LogP contribution in [0.3, 0.4) is 0 Å². The summed E-state index contributed by atoms with van der Waals surface area (Å²) in [6.07, 6.45) is 1.47. The Bertz CT molecular complexity index is 827. The van der Waals surface area contributed by atoms with E-state index in [1.807, 2.05) is 13.8 Å². The molecule has 0 aliphatic carbocycles. The van der Waals surface area contributed by atoms with Gasteiger partial charge in [0.15, 0.2) is 18.1 Å². The van der Waals surface area contributed by atoms with Gasteiger partial charge in [-0.1, -0.05) is 16.8 Å². The highest BCUT2D eigenvalue weighted by Gasteiger charge is 2.08. The molecule has 144 valence electrons. The van der Waals surface area contributed by atoms with Crippen LogP contribution in [-0.4, -0.2) is 31.9 Å². The van der Waals surface area contributed by atoms with Gasteiger partial charge < -0.3 is 19.6 Å². The quantitative estimate of drug-likeness (QED) is 0.536. The molecular formula is C19H20ClFN2O4. The Morgan fingerprint density at radius 2 is 2.04 bits per heavy atom. The van der Waals surface area contributed by atoms with Crippen molar-refractivity contribution < 1.29 is 23.5 Å². The van der Waals surface area contributed by atoms with Crippen LogP contribution in [0.1, 0.15) is 19.4 Å². The van der Waals surface area contributed by atoms with Crippen LogP contribution in [0, 0.1) is 5.82 Å². The largest absolute Gasteiger partial charge is 0.493 e. The van der Waals surface area contributed by atoms with Crippen LogP contribution >= 0.6 is 11.6 Å². The molecule has 0 aliphatic heterocycles. The predicted molar refractivity (Wildman–Crippen MR) is 102 cm³/mol. The van der Waals surface area contributed by atoms with E-state index in [-0.39, 0.29) is 17.7 Å². The number of hydrogen-bond acceptors (Lipinski definition) is 5. The smallest absolute Gasteiger partial charge is 0.265 e. The van der Waals surface area contributed by atoms with Crippen molar-refractivity contribution in [3.63, 3.8) is 0 Å². The Balaban J connectivity index is 1.88. The zero-order chi connectivity index (χ0) is 19.8. The molecule has 0 bridgehead atoms. The van der Waals surface area contributed by atoms with Gasteiger partial charge in [0.1, 0.15) is 5.82 Å². The molecule has 0 unspecified atom stereocenters. The molecule has 1 amide bonds. The van der Waals surface area contributed by atoms with Gasteiger partial charge >= 0.3 is 0 Å². The van der Waals surface area contributed by atoms with Crippen molar-refractivity contribution >= 4 is 29.4 Å². The lowest BCUT2D eigenvalue weighted by atomic mass is 10.2. The minimum Gasteiger partial charge on any atom is -0.493 e. The van der Waals surface area contributed by atoms with Crippen molar-refractivity contribution in [2.24, 2.45) is 5.16 Å². The van der Waals surface area contributed by atoms with Crippen LogP contribution in [0.4, 0.5) is 10.1 Å². The van der Waals surface area contributed by atoms with Crippen LogP contribution in [0.15, 0.2) is 41.6 Å². The van der Waals surface area contributed by atoms with Crippen molar-refractivity contribution in [3.05, 3.63) is 52.8 Å². The topological polar surface area (TPSA) is 69.2 Å². The Labute approximate surface area is 161 Å². The lowest BCUT2D eigenvalue weighted by Gasteiger charge is -2.13. The van der Waals surface area contributed by atoms with Crippen LogP contribution in [0.25, 0.3) is 0 Å². The monoisotopic (exact) mass is 394 g/mol. The summed E-state index contributed by atoms with van der Waals surface area (Å²) in [5.41, 5.74) is 1.01. The number of rotatable bonds is 8. The number of nitrogens with zero attached hydrogens (tertiary/aromatic N) is 1. The maximum atomic E-state index is 13.0. The number of anilines is 1. The van der Waals surface area contributed by atoms with Gasteiger partial charge in [0.25, 0.3) is 5.91 Å². The molecule has 27 heavy (non-hydrogen) atoms. The molecule has 0 radical (unpaired) electrons. The van der Waals surface area contributed by atoms with Gasteiger partial charge in [-0.25, -0.2) is 4.39 Å². The summed E-state index contributed by atoms with van der Waals surface area (Å²) in [5.74, 6) is 0.232. The molecule has 0 fully saturated rings. The van der Waals surface area contributed by atoms with E-state index in [0.29, 0.717) is 22.7 Å². The summed E-state index contributed by atoms with van der Waals surface area (Å²) in [6, 6.07) is 8.96. The van der Waals surface area contributed by atoms with Gasteiger partial charge in [0.05, 0.1) is 30.1 Å². The number of halogens is 2. The number of hydrogen-bond donors (Lipinski definition) is 1. The van der Waals surface area contributed by atoms with Crippen LogP contribution < -0.4 is 14.8 Å². The fraction of sp³-hybridized carbons (Fsp3) is 0.263. The van der Waals surface area contributed by atoms with Crippen molar-refractivity contribution in [1.82, 2.24) is 0 Å². The molecule has 1 N–H and O–H groups in total. The minimum absolute atomic E-state index is 0.0230. The second kappa shape index (κ2) is 9.78. The number of amides is 1. The van der Waals surface area contributed by atoms with Crippen molar-refractivity contribution in [1.29, 1.82) is 0 Å². The van der Waals surface area contributed by atoms with E-state index in [1.165, 1.54) is 18.3 Å². The number of oxime groups is 1. The van der Waals surface area contributed by atoms with Gasteiger partial charge in [-0.05, 0) is 50.2 Å². The summed E-state index contributed by atoms with van der Waals surface area (Å²) in [4.78, 5) is 16.8. The molecule has 2 rings (SSSR count). The first-order valence-corrected chi connectivity index (χ1v) is 8.51. The minimum atomic E-state index is -0.487. The number of ether oxygens (including phenoxy) is 2. The SMILES string of the molecule is COc1cc(/C=N\OCC(=O)Nc2ccc(F)cc2Cl)ccc1OC(C)C. The lowest BCUT2D eigenvalue weighted by Crippen LogP contribution is -2.17. The van der Waals surface area contributed by atoms with E-state index in [2.05, 4.69) is 10.5 Å². The van der Waals surface area contributed by atoms with Gasteiger partial charge in [-0.2, -0.15) is 0 Å². The van der Waals surface area contributed by atoms with Crippen LogP contribution in [-0.2, 0) is 9.63 Å². The third kappa shape index (κ3) is 6.45. The number of nitrogens with one attached hydrogen (secondary N) is 1. The third-order valence-corrected chi connectivity index (χ3v) is 3.54. The zero-order valence-electron chi connectivity index (χ0n) is 15.2. The fourth-order valence-electron chi connectivity index (χ4n) is 2.09. The molecule has 2 aromatic rings. The molecule has 0 heterocycles. The Morgan fingerprint density at radius 3 is 2.70 bits per heavy atom. The summed E-state index contributed by atoms with van der Waals surface area (Å²) in [7, 11) is 1.55. The van der Waals surface area contributed by atoms with Gasteiger partial charge in [-0.3, -0.25) is 4.79 Å². The Morgan fingerprint density at radius 1 is 1.26 bits per heavy atom. The molecule has 0 aliphatic rings. The summed E-state index contributed by atoms with van der Waals surface area (Å²) in [5, 5.41) is 6.36. The molecule has 6 nitrogen and oxygen atoms in total. The standard InChI is InChI=1S/C19H20ClFN2O4/c1-12(2)27-17-7-4-13(8-18(17)25-3)10-22-26-11-19(24)23-16-6-5-14(21)9-15(16)20/h4-10,12H,11H2,1-3H3,(H,23,24)/b22-10-. The molecule has 0 spiro atoms. The molecule has 0 atom stereocenters. The molecule has 8 heteroatoms. The molecule has 2 aromatic carbocycles. The van der Waals surface area contributed by atoms with Gasteiger partial charge in [-0.15, -0.1) is 0 Å². The normalized spacial score (nSPS) is 10.9. The summed E-state index contributed by atoms with van der Waals surface area (Å²) < 4.78 is 23.9. The maximum absolute atomic E-state index is 13.0. The molecule has 0 saturated carbocycles. The number of benzene rings is 2. The first-order chi connectivity index (χ1) is 12.9. The Kier molecular flexibility index (Phi) is 7.43. The summed E-state index contributed by atoms with van der Waals surface area (Å²) >= 11 is 5.84. The highest BCUT2D eigenvalue weighted by Crippen LogP contribution is 2.28. The second-order valence-corrected chi connectivity index (χ2v) is 6.16. The fourth-order valence-corrected chi connectivity index (χ4v) is 2.30. The molecule has 0 saturated heterocycles. The van der Waals surface area contributed by atoms with Gasteiger partial charge in [0.2, 0.25) is 0 Å². The molecular weight excluding hydrogens is 375 g/mol. The van der Waals surface area contributed by atoms with Crippen LogP contribution in [0.2, 0.25) is 5.02 Å². The van der Waals surface area contributed by atoms with Crippen LogP contribution in [0.5, 0.6) is 11.5 Å². The highest BCUT2D eigenvalue weighted by atomic mass is 35.5. The highest BCUT2D eigenvalue weighted by molar-refractivity contribution is 6.33. The van der Waals surface area contributed by atoms with E-state index in [9.17, 15) is 9.18 Å². The molecule has 0 aromatic heterocycles. The summed E-state index contributed by atoms with van der Waals surface area (Å²) in [6.45, 7) is 3.52. The number of carbonyl (C=O) groups is 1. The number of methoxy groups -OCH3 is 1. The first kappa shape index (κ1) is 20.5. The second-order valence-electron chi connectivity index (χ2n) is 5.76. The van der Waals surface area contributed by atoms with E-state index in [0.717, 1.165) is 6.07 Å². The Hall–Kier alpha value is -2.80. The maximum Gasteiger partial charge on any atom is 0.265 e.